The maximum absolute atomic E-state index is 13.4. The van der Waals surface area contributed by atoms with Gasteiger partial charge in [0.15, 0.2) is 0 Å². The van der Waals surface area contributed by atoms with E-state index in [2.05, 4.69) is 20.8 Å². The lowest BCUT2D eigenvalue weighted by atomic mass is 9.66. The van der Waals surface area contributed by atoms with E-state index < -0.39 is 0 Å². The van der Waals surface area contributed by atoms with Gasteiger partial charge in [-0.1, -0.05) is 32.4 Å². The molecule has 1 aromatic rings. The maximum atomic E-state index is 13.4. The van der Waals surface area contributed by atoms with Crippen LogP contribution in [0.5, 0.6) is 0 Å². The topological polar surface area (TPSA) is 26.0 Å². The molecule has 0 radical (unpaired) electrons. The van der Waals surface area contributed by atoms with E-state index >= 15 is 0 Å². The monoisotopic (exact) mass is 297 g/mol. The summed E-state index contributed by atoms with van der Waals surface area (Å²) in [7, 11) is 0. The molecule has 3 atom stereocenters. The summed E-state index contributed by atoms with van der Waals surface area (Å²) in [5.74, 6) is 0.855. The van der Waals surface area contributed by atoms with E-state index in [1.54, 1.807) is 12.1 Å². The van der Waals surface area contributed by atoms with Crippen molar-refractivity contribution < 1.29 is 4.39 Å². The number of halogens is 2. The van der Waals surface area contributed by atoms with E-state index in [0.717, 1.165) is 24.8 Å². The predicted octanol–water partition coefficient (Wildman–Crippen LogP) is 4.81. The van der Waals surface area contributed by atoms with Crippen molar-refractivity contribution in [3.05, 3.63) is 34.6 Å². The van der Waals surface area contributed by atoms with E-state index in [0.29, 0.717) is 22.3 Å². The normalized spacial score (nSPS) is 27.6. The fourth-order valence-electron chi connectivity index (χ4n) is 3.29. The molecule has 112 valence electrons. The van der Waals surface area contributed by atoms with Gasteiger partial charge in [0.2, 0.25) is 0 Å². The molecule has 2 N–H and O–H groups in total. The molecule has 1 nitrogen and oxygen atoms in total. The van der Waals surface area contributed by atoms with E-state index in [1.165, 1.54) is 12.5 Å². The lowest BCUT2D eigenvalue weighted by Gasteiger charge is -2.41. The fourth-order valence-corrected chi connectivity index (χ4v) is 3.49. The molecule has 0 bridgehead atoms. The minimum Gasteiger partial charge on any atom is -0.327 e. The third kappa shape index (κ3) is 3.73. The van der Waals surface area contributed by atoms with Crippen LogP contribution in [0.4, 0.5) is 4.39 Å². The molecular formula is C17H25ClFN. The Morgan fingerprint density at radius 1 is 1.30 bits per heavy atom. The molecule has 1 saturated carbocycles. The summed E-state index contributed by atoms with van der Waals surface area (Å²) >= 11 is 6.18. The van der Waals surface area contributed by atoms with Crippen molar-refractivity contribution >= 4 is 11.6 Å². The number of rotatable bonds is 2. The zero-order valence-electron chi connectivity index (χ0n) is 12.6. The minimum atomic E-state index is -0.221. The van der Waals surface area contributed by atoms with Crippen LogP contribution in [0.25, 0.3) is 0 Å². The second kappa shape index (κ2) is 6.03. The summed E-state index contributed by atoms with van der Waals surface area (Å²) in [5, 5.41) is 0.650. The van der Waals surface area contributed by atoms with E-state index in [-0.39, 0.29) is 11.9 Å². The molecule has 0 heterocycles. The van der Waals surface area contributed by atoms with Crippen LogP contribution in [0, 0.1) is 23.1 Å². The Morgan fingerprint density at radius 3 is 2.65 bits per heavy atom. The molecule has 1 aliphatic carbocycles. The summed E-state index contributed by atoms with van der Waals surface area (Å²) in [6.45, 7) is 6.88. The molecule has 20 heavy (non-hydrogen) atoms. The van der Waals surface area contributed by atoms with Gasteiger partial charge in [-0.2, -0.15) is 0 Å². The quantitative estimate of drug-likeness (QED) is 0.833. The minimum absolute atomic E-state index is 0.202. The third-order valence-corrected chi connectivity index (χ3v) is 5.12. The Hall–Kier alpha value is -0.600. The number of benzene rings is 1. The van der Waals surface area contributed by atoms with E-state index in [9.17, 15) is 4.39 Å². The molecule has 1 fully saturated rings. The molecular weight excluding hydrogens is 273 g/mol. The lowest BCUT2D eigenvalue weighted by Crippen LogP contribution is -2.40. The van der Waals surface area contributed by atoms with Crippen molar-refractivity contribution in [2.45, 2.75) is 52.5 Å². The van der Waals surface area contributed by atoms with Crippen LogP contribution in [0.15, 0.2) is 18.2 Å². The molecule has 3 unspecified atom stereocenters. The van der Waals surface area contributed by atoms with Crippen LogP contribution in [0.3, 0.4) is 0 Å². The van der Waals surface area contributed by atoms with Gasteiger partial charge >= 0.3 is 0 Å². The van der Waals surface area contributed by atoms with Gasteiger partial charge in [0.25, 0.3) is 0 Å². The maximum Gasteiger partial charge on any atom is 0.123 e. The van der Waals surface area contributed by atoms with E-state index in [1.807, 2.05) is 0 Å². The Labute approximate surface area is 126 Å². The predicted molar refractivity (Wildman–Crippen MR) is 83.4 cm³/mol. The van der Waals surface area contributed by atoms with Crippen LogP contribution in [0.2, 0.25) is 5.02 Å². The molecule has 1 aromatic carbocycles. The first-order valence-corrected chi connectivity index (χ1v) is 7.84. The van der Waals surface area contributed by atoms with Gasteiger partial charge in [0.1, 0.15) is 5.82 Å². The van der Waals surface area contributed by atoms with Crippen molar-refractivity contribution in [1.29, 1.82) is 0 Å². The van der Waals surface area contributed by atoms with Crippen LogP contribution in [-0.2, 0) is 6.42 Å². The van der Waals surface area contributed by atoms with Gasteiger partial charge in [-0.05, 0) is 66.7 Å². The Balaban J connectivity index is 2.12. The Morgan fingerprint density at radius 2 is 2.00 bits per heavy atom. The summed E-state index contributed by atoms with van der Waals surface area (Å²) in [4.78, 5) is 0. The number of hydrogen-bond acceptors (Lipinski definition) is 1. The van der Waals surface area contributed by atoms with Crippen molar-refractivity contribution in [2.75, 3.05) is 0 Å². The molecule has 0 spiro atoms. The van der Waals surface area contributed by atoms with Crippen LogP contribution in [0.1, 0.15) is 45.6 Å². The van der Waals surface area contributed by atoms with Crippen molar-refractivity contribution in [3.8, 4) is 0 Å². The first-order chi connectivity index (χ1) is 9.27. The summed E-state index contributed by atoms with van der Waals surface area (Å²) in [6, 6.07) is 4.80. The first-order valence-electron chi connectivity index (χ1n) is 7.47. The molecule has 3 heteroatoms. The van der Waals surface area contributed by atoms with E-state index in [4.69, 9.17) is 17.3 Å². The Kier molecular flexibility index (Phi) is 4.76. The molecule has 0 saturated heterocycles. The highest BCUT2D eigenvalue weighted by Crippen LogP contribution is 2.41. The third-order valence-electron chi connectivity index (χ3n) is 4.76. The summed E-state index contributed by atoms with van der Waals surface area (Å²) in [5.41, 5.74) is 7.48. The number of hydrogen-bond donors (Lipinski definition) is 1. The van der Waals surface area contributed by atoms with Crippen LogP contribution in [-0.4, -0.2) is 6.04 Å². The van der Waals surface area contributed by atoms with Crippen LogP contribution >= 0.6 is 11.6 Å². The molecule has 0 amide bonds. The van der Waals surface area contributed by atoms with Gasteiger partial charge < -0.3 is 5.73 Å². The standard InChI is InChI=1S/C17H25ClFN/c1-17(2,3)13-4-7-16(20)12(9-13)8-11-10-14(19)5-6-15(11)18/h5-6,10,12-13,16H,4,7-9,20H2,1-3H3. The zero-order valence-corrected chi connectivity index (χ0v) is 13.4. The highest BCUT2D eigenvalue weighted by Gasteiger charge is 2.34. The average molecular weight is 298 g/mol. The zero-order chi connectivity index (χ0) is 14.9. The largest absolute Gasteiger partial charge is 0.327 e. The molecule has 2 rings (SSSR count). The highest BCUT2D eigenvalue weighted by molar-refractivity contribution is 6.31. The molecule has 0 aliphatic heterocycles. The summed E-state index contributed by atoms with van der Waals surface area (Å²) < 4.78 is 13.4. The smallest absolute Gasteiger partial charge is 0.123 e. The van der Waals surface area contributed by atoms with Crippen molar-refractivity contribution in [1.82, 2.24) is 0 Å². The lowest BCUT2D eigenvalue weighted by molar-refractivity contribution is 0.126. The second-order valence-corrected chi connectivity index (χ2v) is 7.65. The summed E-state index contributed by atoms with van der Waals surface area (Å²) in [6.07, 6.45) is 4.14. The van der Waals surface area contributed by atoms with Gasteiger partial charge in [-0.3, -0.25) is 0 Å². The number of nitrogens with two attached hydrogens (primary N) is 1. The Bertz CT molecular complexity index is 467. The highest BCUT2D eigenvalue weighted by atomic mass is 35.5. The SMILES string of the molecule is CC(C)(C)C1CCC(N)C(Cc2cc(F)ccc2Cl)C1. The van der Waals surface area contributed by atoms with Crippen molar-refractivity contribution in [2.24, 2.45) is 23.0 Å². The van der Waals surface area contributed by atoms with Crippen LogP contribution < -0.4 is 5.73 Å². The van der Waals surface area contributed by atoms with Gasteiger partial charge in [0.05, 0.1) is 0 Å². The molecule has 1 aliphatic rings. The second-order valence-electron chi connectivity index (χ2n) is 7.24. The molecule has 0 aromatic heterocycles. The van der Waals surface area contributed by atoms with Crippen molar-refractivity contribution in [3.63, 3.8) is 0 Å². The average Bonchev–Trinajstić information content (AvgIpc) is 2.35. The fraction of sp³-hybridized carbons (Fsp3) is 0.647. The van der Waals surface area contributed by atoms with Gasteiger partial charge in [0, 0.05) is 11.1 Å². The first kappa shape index (κ1) is 15.8. The van der Waals surface area contributed by atoms with Gasteiger partial charge in [-0.25, -0.2) is 4.39 Å². The van der Waals surface area contributed by atoms with Gasteiger partial charge in [-0.15, -0.1) is 0 Å².